The second-order valence-electron chi connectivity index (χ2n) is 7.29. The Morgan fingerprint density at radius 2 is 2.13 bits per heavy atom. The highest BCUT2D eigenvalue weighted by Gasteiger charge is 2.34. The van der Waals surface area contributed by atoms with E-state index in [2.05, 4.69) is 15.4 Å². The van der Waals surface area contributed by atoms with Crippen molar-refractivity contribution >= 4 is 27.4 Å². The molecule has 4 rings (SSSR count). The minimum Gasteiger partial charge on any atom is -0.351 e. The molecule has 3 N–H and O–H groups in total. The molecule has 1 aromatic carbocycles. The number of nitrogens with one attached hydrogen (secondary N) is 1. The Hall–Kier alpha value is -3.12. The first kappa shape index (κ1) is 21.1. The average Bonchev–Trinajstić information content (AvgIpc) is 3.30. The normalized spacial score (nSPS) is 19.1. The van der Waals surface area contributed by atoms with E-state index in [0.29, 0.717) is 11.4 Å². The van der Waals surface area contributed by atoms with Crippen molar-refractivity contribution in [3.63, 3.8) is 0 Å². The summed E-state index contributed by atoms with van der Waals surface area (Å²) in [7, 11) is -3.71. The molecule has 1 fully saturated rings. The standard InChI is InChI=1S/C19H20F2N6O3S/c20-13-3-1-2-12(8-13)16-9-14(21)11-26(16)17-4-6-27-18(25-17)15(10-24-27)19(28)23-5-7-31(22,29)30/h1-4,6,8,10,14,16H,5,7,9,11H2,(H,23,28)(H2,22,29,30). The number of rotatable bonds is 6. The SMILES string of the molecule is NS(=O)(=O)CCNC(=O)c1cnn2ccc(N3CC(F)CC3c3cccc(F)c3)nc12. The van der Waals surface area contributed by atoms with E-state index in [1.165, 1.54) is 22.8 Å². The van der Waals surface area contributed by atoms with Crippen molar-refractivity contribution in [3.8, 4) is 0 Å². The van der Waals surface area contributed by atoms with E-state index in [0.717, 1.165) is 0 Å². The van der Waals surface area contributed by atoms with Crippen LogP contribution in [0.4, 0.5) is 14.6 Å². The molecule has 0 radical (unpaired) electrons. The lowest BCUT2D eigenvalue weighted by Crippen LogP contribution is -2.31. The van der Waals surface area contributed by atoms with Gasteiger partial charge in [-0.1, -0.05) is 12.1 Å². The van der Waals surface area contributed by atoms with E-state index < -0.39 is 39.7 Å². The average molecular weight is 450 g/mol. The molecule has 9 nitrogen and oxygen atoms in total. The van der Waals surface area contributed by atoms with Crippen LogP contribution < -0.4 is 15.4 Å². The van der Waals surface area contributed by atoms with Crippen LogP contribution in [-0.4, -0.2) is 53.9 Å². The predicted molar refractivity (Wildman–Crippen MR) is 109 cm³/mol. The van der Waals surface area contributed by atoms with Gasteiger partial charge in [-0.25, -0.2) is 31.8 Å². The summed E-state index contributed by atoms with van der Waals surface area (Å²) in [6.45, 7) is -0.0830. The fourth-order valence-electron chi connectivity index (χ4n) is 3.65. The van der Waals surface area contributed by atoms with Gasteiger partial charge in [0.15, 0.2) is 5.65 Å². The molecule has 0 saturated carbocycles. The van der Waals surface area contributed by atoms with Gasteiger partial charge in [0.1, 0.15) is 23.4 Å². The number of fused-ring (bicyclic) bond motifs is 1. The molecule has 1 amide bonds. The maximum Gasteiger partial charge on any atom is 0.256 e. The molecular formula is C19H20F2N6O3S. The second-order valence-corrected chi connectivity index (χ2v) is 9.03. The Balaban J connectivity index is 1.62. The molecule has 1 saturated heterocycles. The number of nitrogens with two attached hydrogens (primary N) is 1. The predicted octanol–water partition coefficient (Wildman–Crippen LogP) is 1.18. The summed E-state index contributed by atoms with van der Waals surface area (Å²) in [5, 5.41) is 11.5. The fraction of sp³-hybridized carbons (Fsp3) is 0.316. The van der Waals surface area contributed by atoms with Crippen LogP contribution in [0.2, 0.25) is 0 Å². The van der Waals surface area contributed by atoms with Crippen molar-refractivity contribution in [2.75, 3.05) is 23.7 Å². The van der Waals surface area contributed by atoms with Crippen LogP contribution in [0.15, 0.2) is 42.7 Å². The zero-order valence-corrected chi connectivity index (χ0v) is 17.1. The molecular weight excluding hydrogens is 430 g/mol. The molecule has 1 aliphatic rings. The first-order valence-electron chi connectivity index (χ1n) is 9.50. The van der Waals surface area contributed by atoms with Crippen LogP contribution in [0.5, 0.6) is 0 Å². The summed E-state index contributed by atoms with van der Waals surface area (Å²) in [6.07, 6.45) is 1.98. The number of hydrogen-bond donors (Lipinski definition) is 2. The lowest BCUT2D eigenvalue weighted by molar-refractivity contribution is 0.0957. The number of hydrogen-bond acceptors (Lipinski definition) is 6. The summed E-state index contributed by atoms with van der Waals surface area (Å²) in [5.41, 5.74) is 0.997. The van der Waals surface area contributed by atoms with Gasteiger partial charge < -0.3 is 10.2 Å². The summed E-state index contributed by atoms with van der Waals surface area (Å²) in [5.74, 6) is -0.953. The Kier molecular flexibility index (Phi) is 5.58. The fourth-order valence-corrected chi connectivity index (χ4v) is 4.04. The largest absolute Gasteiger partial charge is 0.351 e. The molecule has 0 aliphatic carbocycles. The van der Waals surface area contributed by atoms with Crippen LogP contribution in [0, 0.1) is 5.82 Å². The highest BCUT2D eigenvalue weighted by molar-refractivity contribution is 7.89. The molecule has 2 atom stereocenters. The number of alkyl halides is 1. The van der Waals surface area contributed by atoms with Gasteiger partial charge in [0.05, 0.1) is 24.5 Å². The van der Waals surface area contributed by atoms with Gasteiger partial charge in [0.2, 0.25) is 10.0 Å². The lowest BCUT2D eigenvalue weighted by atomic mass is 10.0. The number of anilines is 1. The number of amides is 1. The summed E-state index contributed by atoms with van der Waals surface area (Å²) in [4.78, 5) is 18.7. The number of benzene rings is 1. The highest BCUT2D eigenvalue weighted by atomic mass is 32.2. The van der Waals surface area contributed by atoms with E-state index in [9.17, 15) is 22.0 Å². The number of carbonyl (C=O) groups is 1. The van der Waals surface area contributed by atoms with Crippen molar-refractivity contribution in [2.45, 2.75) is 18.6 Å². The van der Waals surface area contributed by atoms with Gasteiger partial charge in [-0.05, 0) is 23.8 Å². The first-order chi connectivity index (χ1) is 14.7. The molecule has 0 spiro atoms. The smallest absolute Gasteiger partial charge is 0.256 e. The number of aromatic nitrogens is 3. The molecule has 164 valence electrons. The molecule has 0 bridgehead atoms. The van der Waals surface area contributed by atoms with Gasteiger partial charge in [0.25, 0.3) is 5.91 Å². The van der Waals surface area contributed by atoms with E-state index in [4.69, 9.17) is 5.14 Å². The van der Waals surface area contributed by atoms with Gasteiger partial charge in [0, 0.05) is 19.2 Å². The third-order valence-electron chi connectivity index (χ3n) is 5.05. The van der Waals surface area contributed by atoms with Crippen LogP contribution in [0.25, 0.3) is 5.65 Å². The quantitative estimate of drug-likeness (QED) is 0.581. The first-order valence-corrected chi connectivity index (χ1v) is 11.2. The van der Waals surface area contributed by atoms with Crippen molar-refractivity contribution in [1.29, 1.82) is 0 Å². The summed E-state index contributed by atoms with van der Waals surface area (Å²) >= 11 is 0. The Morgan fingerprint density at radius 3 is 2.87 bits per heavy atom. The van der Waals surface area contributed by atoms with Crippen molar-refractivity contribution in [2.24, 2.45) is 5.14 Å². The van der Waals surface area contributed by atoms with Crippen molar-refractivity contribution in [1.82, 2.24) is 19.9 Å². The molecule has 1 aliphatic heterocycles. The lowest BCUT2D eigenvalue weighted by Gasteiger charge is -2.25. The summed E-state index contributed by atoms with van der Waals surface area (Å²) in [6, 6.07) is 7.25. The Labute approximate surface area is 176 Å². The monoisotopic (exact) mass is 450 g/mol. The van der Waals surface area contributed by atoms with Crippen LogP contribution in [0.3, 0.4) is 0 Å². The van der Waals surface area contributed by atoms with Crippen molar-refractivity contribution in [3.05, 3.63) is 59.7 Å². The molecule has 3 aromatic rings. The van der Waals surface area contributed by atoms with E-state index >= 15 is 0 Å². The van der Waals surface area contributed by atoms with Crippen LogP contribution in [0.1, 0.15) is 28.4 Å². The molecule has 3 heterocycles. The number of nitrogens with zero attached hydrogens (tertiary/aromatic N) is 4. The highest BCUT2D eigenvalue weighted by Crippen LogP contribution is 2.37. The maximum atomic E-state index is 14.3. The van der Waals surface area contributed by atoms with Crippen LogP contribution in [-0.2, 0) is 10.0 Å². The molecule has 31 heavy (non-hydrogen) atoms. The van der Waals surface area contributed by atoms with Gasteiger partial charge in [-0.15, -0.1) is 0 Å². The molecule has 12 heteroatoms. The van der Waals surface area contributed by atoms with Gasteiger partial charge in [-0.2, -0.15) is 5.10 Å². The number of sulfonamides is 1. The minimum atomic E-state index is -3.71. The van der Waals surface area contributed by atoms with Gasteiger partial charge in [-0.3, -0.25) is 4.79 Å². The maximum absolute atomic E-state index is 14.3. The Bertz CT molecular complexity index is 1230. The topological polar surface area (TPSA) is 123 Å². The third-order valence-corrected chi connectivity index (χ3v) is 5.82. The summed E-state index contributed by atoms with van der Waals surface area (Å²) < 4.78 is 51.5. The minimum absolute atomic E-state index is 0.0778. The second kappa shape index (κ2) is 8.19. The zero-order valence-electron chi connectivity index (χ0n) is 16.3. The van der Waals surface area contributed by atoms with Gasteiger partial charge >= 0.3 is 0 Å². The number of halogens is 2. The molecule has 2 aromatic heterocycles. The Morgan fingerprint density at radius 1 is 1.32 bits per heavy atom. The van der Waals surface area contributed by atoms with E-state index in [-0.39, 0.29) is 30.7 Å². The van der Waals surface area contributed by atoms with Crippen molar-refractivity contribution < 1.29 is 22.0 Å². The number of primary sulfonamides is 1. The van der Waals surface area contributed by atoms with E-state index in [1.807, 2.05) is 0 Å². The van der Waals surface area contributed by atoms with E-state index in [1.54, 1.807) is 29.3 Å². The third kappa shape index (κ3) is 4.64. The van der Waals surface area contributed by atoms with Crippen LogP contribution >= 0.6 is 0 Å². The zero-order chi connectivity index (χ0) is 22.2. The molecule has 2 unspecified atom stereocenters. The number of carbonyl (C=O) groups excluding carboxylic acids is 1.